The molecule has 0 radical (unpaired) electrons. The molecule has 0 fully saturated rings. The highest BCUT2D eigenvalue weighted by Gasteiger charge is 2.37. The zero-order chi connectivity index (χ0) is 30.9. The van der Waals surface area contributed by atoms with Gasteiger partial charge in [0.1, 0.15) is 17.7 Å². The van der Waals surface area contributed by atoms with Crippen LogP contribution in [0, 0.1) is 26.7 Å². The van der Waals surface area contributed by atoms with Crippen LogP contribution in [-0.2, 0) is 14.3 Å². The van der Waals surface area contributed by atoms with Crippen molar-refractivity contribution < 1.29 is 19.1 Å². The quantitative estimate of drug-likeness (QED) is 0.248. The number of carbonyl (C=O) groups is 3. The monoisotopic (exact) mass is 585 g/mol. The molecule has 226 valence electrons. The zero-order valence-electron chi connectivity index (χ0n) is 26.2. The number of aryl methyl sites for hydroxylation is 3. The Hall–Kier alpha value is -3.06. The van der Waals surface area contributed by atoms with Crippen molar-refractivity contribution in [3.63, 3.8) is 0 Å². The maximum absolute atomic E-state index is 14.4. The normalized spacial score (nSPS) is 13.0. The van der Waals surface area contributed by atoms with E-state index in [-0.39, 0.29) is 17.7 Å². The lowest BCUT2D eigenvalue weighted by atomic mass is 9.96. The van der Waals surface area contributed by atoms with Gasteiger partial charge in [-0.05, 0) is 71.1 Å². The summed E-state index contributed by atoms with van der Waals surface area (Å²) >= 11 is 6.48. The number of carbonyl (C=O) groups excluding carboxylic acids is 3. The van der Waals surface area contributed by atoms with Gasteiger partial charge in [0.25, 0.3) is 5.91 Å². The van der Waals surface area contributed by atoms with Crippen LogP contribution in [0.15, 0.2) is 36.4 Å². The van der Waals surface area contributed by atoms with Gasteiger partial charge in [0.2, 0.25) is 5.91 Å². The van der Waals surface area contributed by atoms with E-state index in [2.05, 4.69) is 17.6 Å². The van der Waals surface area contributed by atoms with Gasteiger partial charge in [-0.1, -0.05) is 93.1 Å². The van der Waals surface area contributed by atoms with E-state index in [9.17, 15) is 14.4 Å². The molecular formula is C33H48ClN3O4. The van der Waals surface area contributed by atoms with Crippen molar-refractivity contribution in [2.45, 2.75) is 106 Å². The Labute approximate surface area is 251 Å². The standard InChI is InChI=1S/C33H48ClN3O4/c1-10-11-12-13-17-37(31(39)27(21(2)3)36-32(40)41-33(7,8)9)29(25-19-22(4)18-23(5)20-25)30(38)35-28-24(6)15-14-16-26(28)34/h14-16,18-21,27,29H,10-13,17H2,1-9H3,(H,35,38)(H,36,40). The van der Waals surface area contributed by atoms with Crippen molar-refractivity contribution in [1.29, 1.82) is 0 Å². The Morgan fingerprint density at radius 1 is 0.976 bits per heavy atom. The molecule has 2 N–H and O–H groups in total. The minimum Gasteiger partial charge on any atom is -0.444 e. The second-order valence-corrected chi connectivity index (χ2v) is 12.6. The van der Waals surface area contributed by atoms with Gasteiger partial charge in [-0.2, -0.15) is 0 Å². The number of para-hydroxylation sites is 1. The third-order valence-corrected chi connectivity index (χ3v) is 7.05. The lowest BCUT2D eigenvalue weighted by Gasteiger charge is -2.36. The van der Waals surface area contributed by atoms with Gasteiger partial charge in [-0.25, -0.2) is 4.79 Å². The molecule has 8 heteroatoms. The highest BCUT2D eigenvalue weighted by molar-refractivity contribution is 6.34. The first-order valence-corrected chi connectivity index (χ1v) is 15.0. The van der Waals surface area contributed by atoms with Gasteiger partial charge >= 0.3 is 6.09 Å². The first kappa shape index (κ1) is 34.1. The van der Waals surface area contributed by atoms with Crippen LogP contribution >= 0.6 is 11.6 Å². The molecule has 7 nitrogen and oxygen atoms in total. The number of benzene rings is 2. The Kier molecular flexibility index (Phi) is 12.7. The van der Waals surface area contributed by atoms with E-state index >= 15 is 0 Å². The number of nitrogens with zero attached hydrogens (tertiary/aromatic N) is 1. The number of hydrogen-bond donors (Lipinski definition) is 2. The minimum absolute atomic E-state index is 0.248. The number of ether oxygens (including phenoxy) is 1. The molecule has 2 aromatic rings. The number of amides is 3. The average molecular weight is 586 g/mol. The molecule has 2 unspecified atom stereocenters. The number of rotatable bonds is 12. The smallest absolute Gasteiger partial charge is 0.408 e. The fourth-order valence-electron chi connectivity index (χ4n) is 4.82. The Bertz CT molecular complexity index is 1160. The molecule has 2 aromatic carbocycles. The molecule has 2 rings (SSSR count). The van der Waals surface area contributed by atoms with Crippen LogP contribution < -0.4 is 10.6 Å². The Balaban J connectivity index is 2.62. The maximum Gasteiger partial charge on any atom is 0.408 e. The molecule has 0 bridgehead atoms. The van der Waals surface area contributed by atoms with Crippen molar-refractivity contribution >= 4 is 35.2 Å². The molecule has 0 aliphatic rings. The maximum atomic E-state index is 14.4. The summed E-state index contributed by atoms with van der Waals surface area (Å²) in [6, 6.07) is 9.51. The van der Waals surface area contributed by atoms with Crippen LogP contribution in [0.3, 0.4) is 0 Å². The zero-order valence-corrected chi connectivity index (χ0v) is 26.9. The number of nitrogens with one attached hydrogen (secondary N) is 2. The highest BCUT2D eigenvalue weighted by Crippen LogP contribution is 2.31. The molecule has 0 aromatic heterocycles. The first-order valence-electron chi connectivity index (χ1n) is 14.6. The molecular weight excluding hydrogens is 538 g/mol. The molecule has 41 heavy (non-hydrogen) atoms. The van der Waals surface area contributed by atoms with Gasteiger partial charge in [0.15, 0.2) is 0 Å². The van der Waals surface area contributed by atoms with Gasteiger partial charge in [-0.3, -0.25) is 9.59 Å². The minimum atomic E-state index is -0.944. The van der Waals surface area contributed by atoms with Gasteiger partial charge < -0.3 is 20.3 Å². The summed E-state index contributed by atoms with van der Waals surface area (Å²) in [5.74, 6) is -0.950. The summed E-state index contributed by atoms with van der Waals surface area (Å²) in [7, 11) is 0. The van der Waals surface area contributed by atoms with Gasteiger partial charge in [-0.15, -0.1) is 0 Å². The van der Waals surface area contributed by atoms with Gasteiger partial charge in [0, 0.05) is 6.54 Å². The predicted molar refractivity (Wildman–Crippen MR) is 167 cm³/mol. The van der Waals surface area contributed by atoms with Crippen molar-refractivity contribution in [2.75, 3.05) is 11.9 Å². The fourth-order valence-corrected chi connectivity index (χ4v) is 5.09. The van der Waals surface area contributed by atoms with E-state index in [0.29, 0.717) is 22.8 Å². The van der Waals surface area contributed by atoms with Crippen LogP contribution in [0.5, 0.6) is 0 Å². The number of anilines is 1. The predicted octanol–water partition coefficient (Wildman–Crippen LogP) is 7.90. The van der Waals surface area contributed by atoms with Gasteiger partial charge in [0.05, 0.1) is 10.7 Å². The lowest BCUT2D eigenvalue weighted by Crippen LogP contribution is -2.54. The molecule has 0 spiro atoms. The van der Waals surface area contributed by atoms with E-state index < -0.39 is 23.8 Å². The van der Waals surface area contributed by atoms with E-state index in [1.807, 2.05) is 65.0 Å². The molecule has 0 saturated heterocycles. The summed E-state index contributed by atoms with van der Waals surface area (Å²) in [4.78, 5) is 43.0. The lowest BCUT2D eigenvalue weighted by molar-refractivity contribution is -0.141. The van der Waals surface area contributed by atoms with Crippen LogP contribution in [0.4, 0.5) is 10.5 Å². The Morgan fingerprint density at radius 3 is 2.15 bits per heavy atom. The first-order chi connectivity index (χ1) is 19.1. The third-order valence-electron chi connectivity index (χ3n) is 6.73. The number of hydrogen-bond acceptors (Lipinski definition) is 4. The highest BCUT2D eigenvalue weighted by atomic mass is 35.5. The molecule has 3 amide bonds. The second kappa shape index (κ2) is 15.2. The fraction of sp³-hybridized carbons (Fsp3) is 0.545. The number of alkyl carbamates (subject to hydrolysis) is 1. The number of halogens is 1. The summed E-state index contributed by atoms with van der Waals surface area (Å²) in [5.41, 5.74) is 3.28. The summed E-state index contributed by atoms with van der Waals surface area (Å²) in [6.07, 6.45) is 3.02. The van der Waals surface area contributed by atoms with Crippen molar-refractivity contribution in [3.8, 4) is 0 Å². The van der Waals surface area contributed by atoms with E-state index in [1.165, 1.54) is 0 Å². The molecule has 0 aliphatic carbocycles. The third kappa shape index (κ3) is 10.4. The summed E-state index contributed by atoms with van der Waals surface area (Å²) < 4.78 is 5.48. The van der Waals surface area contributed by atoms with E-state index in [0.717, 1.165) is 42.4 Å². The average Bonchev–Trinajstić information content (AvgIpc) is 2.84. The molecule has 0 saturated carbocycles. The van der Waals surface area contributed by atoms with Crippen LogP contribution in [0.1, 0.15) is 95.5 Å². The molecule has 2 atom stereocenters. The Morgan fingerprint density at radius 2 is 1.61 bits per heavy atom. The van der Waals surface area contributed by atoms with Crippen molar-refractivity contribution in [3.05, 3.63) is 63.7 Å². The van der Waals surface area contributed by atoms with Crippen LogP contribution in [0.25, 0.3) is 0 Å². The molecule has 0 heterocycles. The number of unbranched alkanes of at least 4 members (excludes halogenated alkanes) is 3. The van der Waals surface area contributed by atoms with Crippen LogP contribution in [-0.4, -0.2) is 41.0 Å². The van der Waals surface area contributed by atoms with Crippen molar-refractivity contribution in [2.24, 2.45) is 5.92 Å². The largest absolute Gasteiger partial charge is 0.444 e. The molecule has 0 aliphatic heterocycles. The van der Waals surface area contributed by atoms with Crippen LogP contribution in [0.2, 0.25) is 5.02 Å². The second-order valence-electron chi connectivity index (χ2n) is 12.2. The summed E-state index contributed by atoms with van der Waals surface area (Å²) in [5, 5.41) is 6.22. The summed E-state index contributed by atoms with van der Waals surface area (Å²) in [6.45, 7) is 17.4. The van der Waals surface area contributed by atoms with E-state index in [4.69, 9.17) is 16.3 Å². The van der Waals surface area contributed by atoms with E-state index in [1.54, 1.807) is 31.7 Å². The topological polar surface area (TPSA) is 87.7 Å². The van der Waals surface area contributed by atoms with Crippen molar-refractivity contribution in [1.82, 2.24) is 10.2 Å². The SMILES string of the molecule is CCCCCCN(C(=O)C(NC(=O)OC(C)(C)C)C(C)C)C(C(=O)Nc1c(C)cccc1Cl)c1cc(C)cc(C)c1.